The molecule has 1 atom stereocenters. The quantitative estimate of drug-likeness (QED) is 0.395. The maximum Gasteiger partial charge on any atom is 0.339 e. The lowest BCUT2D eigenvalue weighted by Gasteiger charge is -2.16. The molecule has 160 valence electrons. The van der Waals surface area contributed by atoms with Gasteiger partial charge in [0.2, 0.25) is 0 Å². The molecule has 2 rings (SSSR count). The molecule has 0 heterocycles. The minimum atomic E-state index is -1.14. The highest BCUT2D eigenvalue weighted by Crippen LogP contribution is 2.30. The largest absolute Gasteiger partial charge is 0.493 e. The maximum absolute atomic E-state index is 12.4. The van der Waals surface area contributed by atoms with Crippen LogP contribution in [0.4, 0.5) is 17.1 Å². The third-order valence-electron chi connectivity index (χ3n) is 4.19. The minimum absolute atomic E-state index is 0.0296. The van der Waals surface area contributed by atoms with Crippen LogP contribution in [0.3, 0.4) is 0 Å². The number of rotatable bonds is 8. The van der Waals surface area contributed by atoms with E-state index in [2.05, 4.69) is 5.32 Å². The number of hydrogen-bond donors (Lipinski definition) is 1. The molecule has 10 heteroatoms. The Labute approximate surface area is 173 Å². The molecule has 0 bridgehead atoms. The second-order valence-corrected chi connectivity index (χ2v) is 6.46. The van der Waals surface area contributed by atoms with Gasteiger partial charge in [-0.25, -0.2) is 4.79 Å². The summed E-state index contributed by atoms with van der Waals surface area (Å²) in [5.41, 5.74) is 0.497. The fourth-order valence-electron chi connectivity index (χ4n) is 2.61. The van der Waals surface area contributed by atoms with Crippen LogP contribution in [0.2, 0.25) is 0 Å². The molecule has 0 aliphatic heterocycles. The van der Waals surface area contributed by atoms with Crippen LogP contribution in [-0.4, -0.2) is 51.2 Å². The van der Waals surface area contributed by atoms with E-state index in [1.807, 2.05) is 0 Å². The van der Waals surface area contributed by atoms with Crippen molar-refractivity contribution in [3.05, 3.63) is 52.1 Å². The number of carbonyl (C=O) groups excluding carboxylic acids is 2. The van der Waals surface area contributed by atoms with Gasteiger partial charge in [0.15, 0.2) is 17.6 Å². The van der Waals surface area contributed by atoms with E-state index in [0.717, 1.165) is 6.07 Å². The van der Waals surface area contributed by atoms with Gasteiger partial charge in [-0.15, -0.1) is 0 Å². The van der Waals surface area contributed by atoms with Crippen LogP contribution in [0.15, 0.2) is 36.4 Å². The Hall–Kier alpha value is -3.82. The van der Waals surface area contributed by atoms with Gasteiger partial charge in [-0.05, 0) is 31.2 Å². The standard InChI is InChI=1S/C20H23N3O7/c1-12(19(24)21-14-7-9-17(28-4)18(11-14)29-5)30-20(25)13-6-8-15(22(2)3)16(10-13)23(26)27/h6-12H,1-5H3,(H,21,24)/t12-/m0/s1. The number of nitro groups is 1. The van der Waals surface area contributed by atoms with Crippen molar-refractivity contribution in [3.8, 4) is 11.5 Å². The lowest BCUT2D eigenvalue weighted by molar-refractivity contribution is -0.384. The number of hydrogen-bond acceptors (Lipinski definition) is 8. The van der Waals surface area contributed by atoms with Crippen molar-refractivity contribution in [3.63, 3.8) is 0 Å². The summed E-state index contributed by atoms with van der Waals surface area (Å²) in [5.74, 6) is -0.501. The van der Waals surface area contributed by atoms with Crippen molar-refractivity contribution in [1.29, 1.82) is 0 Å². The summed E-state index contributed by atoms with van der Waals surface area (Å²) in [5, 5.41) is 13.9. The molecule has 0 aromatic heterocycles. The second kappa shape index (κ2) is 9.59. The van der Waals surface area contributed by atoms with Crippen LogP contribution < -0.4 is 19.7 Å². The molecule has 0 saturated heterocycles. The van der Waals surface area contributed by atoms with Crippen LogP contribution in [0, 0.1) is 10.1 Å². The second-order valence-electron chi connectivity index (χ2n) is 6.46. The summed E-state index contributed by atoms with van der Waals surface area (Å²) in [7, 11) is 6.27. The highest BCUT2D eigenvalue weighted by Gasteiger charge is 2.23. The Morgan fingerprint density at radius 2 is 1.73 bits per heavy atom. The number of anilines is 2. The van der Waals surface area contributed by atoms with Crippen molar-refractivity contribution >= 4 is 28.9 Å². The molecule has 0 aliphatic carbocycles. The lowest BCUT2D eigenvalue weighted by atomic mass is 10.1. The molecular weight excluding hydrogens is 394 g/mol. The predicted molar refractivity (Wildman–Crippen MR) is 110 cm³/mol. The lowest BCUT2D eigenvalue weighted by Crippen LogP contribution is -2.30. The minimum Gasteiger partial charge on any atom is -0.493 e. The number of benzene rings is 2. The van der Waals surface area contributed by atoms with Gasteiger partial charge in [0.1, 0.15) is 5.69 Å². The molecule has 2 aromatic rings. The zero-order chi connectivity index (χ0) is 22.4. The topological polar surface area (TPSA) is 120 Å². The van der Waals surface area contributed by atoms with Crippen LogP contribution in [0.25, 0.3) is 0 Å². The van der Waals surface area contributed by atoms with Gasteiger partial charge in [0.25, 0.3) is 11.6 Å². The molecule has 30 heavy (non-hydrogen) atoms. The monoisotopic (exact) mass is 417 g/mol. The number of carbonyl (C=O) groups is 2. The van der Waals surface area contributed by atoms with Gasteiger partial charge in [0.05, 0.1) is 24.7 Å². The fraction of sp³-hybridized carbons (Fsp3) is 0.300. The summed E-state index contributed by atoms with van der Waals surface area (Å²) in [6, 6.07) is 8.77. The van der Waals surface area contributed by atoms with E-state index in [-0.39, 0.29) is 11.3 Å². The first-order chi connectivity index (χ1) is 14.2. The third-order valence-corrected chi connectivity index (χ3v) is 4.19. The average Bonchev–Trinajstić information content (AvgIpc) is 2.72. The number of nitrogens with one attached hydrogen (secondary N) is 1. The van der Waals surface area contributed by atoms with E-state index in [1.54, 1.807) is 37.2 Å². The van der Waals surface area contributed by atoms with Crippen molar-refractivity contribution < 1.29 is 28.7 Å². The maximum atomic E-state index is 12.4. The molecule has 0 unspecified atom stereocenters. The summed E-state index contributed by atoms with van der Waals surface area (Å²) in [4.78, 5) is 37.0. The molecule has 1 amide bonds. The molecule has 0 spiro atoms. The predicted octanol–water partition coefficient (Wildman–Crippen LogP) is 2.86. The number of nitrogens with zero attached hydrogens (tertiary/aromatic N) is 2. The van der Waals surface area contributed by atoms with Crippen LogP contribution in [0.5, 0.6) is 11.5 Å². The van der Waals surface area contributed by atoms with Gasteiger partial charge < -0.3 is 24.4 Å². The summed E-state index contributed by atoms with van der Waals surface area (Å²) in [6.45, 7) is 1.40. The fourth-order valence-corrected chi connectivity index (χ4v) is 2.61. The van der Waals surface area contributed by atoms with E-state index in [9.17, 15) is 19.7 Å². The van der Waals surface area contributed by atoms with Crippen molar-refractivity contribution in [2.45, 2.75) is 13.0 Å². The number of amides is 1. The van der Waals surface area contributed by atoms with Gasteiger partial charge in [-0.2, -0.15) is 0 Å². The van der Waals surface area contributed by atoms with Crippen molar-refractivity contribution in [1.82, 2.24) is 0 Å². The number of ether oxygens (including phenoxy) is 3. The molecule has 0 radical (unpaired) electrons. The molecule has 0 fully saturated rings. The van der Waals surface area contributed by atoms with E-state index in [4.69, 9.17) is 14.2 Å². The van der Waals surface area contributed by atoms with Gasteiger partial charge >= 0.3 is 5.97 Å². The summed E-state index contributed by atoms with van der Waals surface area (Å²) >= 11 is 0. The Kier molecular flexibility index (Phi) is 7.18. The van der Waals surface area contributed by atoms with Crippen molar-refractivity contribution in [2.24, 2.45) is 0 Å². The normalized spacial score (nSPS) is 11.2. The SMILES string of the molecule is COc1ccc(NC(=O)[C@H](C)OC(=O)c2ccc(N(C)C)c([N+](=O)[O-])c2)cc1OC. The highest BCUT2D eigenvalue weighted by molar-refractivity contribution is 5.98. The Balaban J connectivity index is 2.11. The smallest absolute Gasteiger partial charge is 0.339 e. The number of nitro benzene ring substituents is 1. The average molecular weight is 417 g/mol. The molecular formula is C20H23N3O7. The first-order valence-electron chi connectivity index (χ1n) is 8.87. The van der Waals surface area contributed by atoms with Crippen LogP contribution in [0.1, 0.15) is 17.3 Å². The first kappa shape index (κ1) is 22.5. The molecule has 10 nitrogen and oxygen atoms in total. The Morgan fingerprint density at radius 3 is 2.30 bits per heavy atom. The summed E-state index contributed by atoms with van der Waals surface area (Å²) < 4.78 is 15.5. The van der Waals surface area contributed by atoms with Gasteiger partial charge in [0, 0.05) is 31.9 Å². The van der Waals surface area contributed by atoms with E-state index in [0.29, 0.717) is 22.9 Å². The Morgan fingerprint density at radius 1 is 1.07 bits per heavy atom. The highest BCUT2D eigenvalue weighted by atomic mass is 16.6. The van der Waals surface area contributed by atoms with Crippen molar-refractivity contribution in [2.75, 3.05) is 38.5 Å². The van der Waals surface area contributed by atoms with E-state index in [1.165, 1.54) is 33.3 Å². The summed E-state index contributed by atoms with van der Waals surface area (Å²) in [6.07, 6.45) is -1.14. The van der Waals surface area contributed by atoms with E-state index >= 15 is 0 Å². The zero-order valence-electron chi connectivity index (χ0n) is 17.3. The molecule has 2 aromatic carbocycles. The number of esters is 1. The molecule has 0 saturated carbocycles. The van der Waals surface area contributed by atoms with Crippen LogP contribution in [-0.2, 0) is 9.53 Å². The van der Waals surface area contributed by atoms with E-state index < -0.39 is 22.9 Å². The van der Waals surface area contributed by atoms with Gasteiger partial charge in [-0.1, -0.05) is 0 Å². The molecule has 0 aliphatic rings. The zero-order valence-corrected chi connectivity index (χ0v) is 17.3. The van der Waals surface area contributed by atoms with Gasteiger partial charge in [-0.3, -0.25) is 14.9 Å². The number of methoxy groups -OCH3 is 2. The Bertz CT molecular complexity index is 959. The first-order valence-corrected chi connectivity index (χ1v) is 8.87. The third kappa shape index (κ3) is 5.16. The molecule has 1 N–H and O–H groups in total. The van der Waals surface area contributed by atoms with Crippen LogP contribution >= 0.6 is 0 Å².